The molecule has 0 unspecified atom stereocenters. The molecule has 0 aliphatic carbocycles. The lowest BCUT2D eigenvalue weighted by Crippen LogP contribution is -2.17. The van der Waals surface area contributed by atoms with E-state index in [4.69, 9.17) is 0 Å². The fourth-order valence-electron chi connectivity index (χ4n) is 1.14. The molecule has 0 aliphatic heterocycles. The smallest absolute Gasteiger partial charge is 0.313 e. The van der Waals surface area contributed by atoms with Crippen LogP contribution in [0, 0.1) is 0 Å². The van der Waals surface area contributed by atoms with Crippen LogP contribution in [0.3, 0.4) is 0 Å². The van der Waals surface area contributed by atoms with Crippen LogP contribution >= 0.6 is 0 Å². The first-order valence-corrected chi connectivity index (χ1v) is 4.00. The molecule has 2 aromatic rings. The fraction of sp³-hybridized carbons (Fsp3) is 0.111. The van der Waals surface area contributed by atoms with Crippen molar-refractivity contribution in [2.24, 2.45) is 0 Å². The Morgan fingerprint density at radius 2 is 2.38 bits per heavy atom. The summed E-state index contributed by atoms with van der Waals surface area (Å²) in [6, 6.07) is 5.64. The maximum atomic E-state index is 11.1. The number of hydrogen-bond acceptors (Lipinski definition) is 2. The van der Waals surface area contributed by atoms with Crippen LogP contribution in [0.25, 0.3) is 0 Å². The lowest BCUT2D eigenvalue weighted by molar-refractivity contribution is 0.742. The topological polar surface area (TPSA) is 50.7 Å². The molecule has 0 saturated heterocycles. The van der Waals surface area contributed by atoms with E-state index in [1.54, 1.807) is 23.2 Å². The molecule has 4 heteroatoms. The third-order valence-electron chi connectivity index (χ3n) is 1.78. The highest BCUT2D eigenvalue weighted by molar-refractivity contribution is 5.04. The van der Waals surface area contributed by atoms with Gasteiger partial charge in [0.2, 0.25) is 0 Å². The minimum absolute atomic E-state index is 0.106. The lowest BCUT2D eigenvalue weighted by Gasteiger charge is -1.98. The first kappa shape index (κ1) is 7.79. The predicted octanol–water partition coefficient (Wildman–Crippen LogP) is 0.620. The van der Waals surface area contributed by atoms with E-state index in [-0.39, 0.29) is 5.69 Å². The molecule has 1 N–H and O–H groups in total. The van der Waals surface area contributed by atoms with E-state index >= 15 is 0 Å². The van der Waals surface area contributed by atoms with Crippen molar-refractivity contribution < 1.29 is 0 Å². The minimum Gasteiger partial charge on any atom is -0.313 e. The highest BCUT2D eigenvalue weighted by Gasteiger charge is 1.97. The van der Waals surface area contributed by atoms with Crippen molar-refractivity contribution in [1.82, 2.24) is 14.5 Å². The molecule has 0 bridgehead atoms. The van der Waals surface area contributed by atoms with Gasteiger partial charge in [0.25, 0.3) is 0 Å². The second-order valence-electron chi connectivity index (χ2n) is 2.71. The van der Waals surface area contributed by atoms with E-state index in [9.17, 15) is 4.79 Å². The van der Waals surface area contributed by atoms with Gasteiger partial charge in [-0.1, -0.05) is 6.07 Å². The summed E-state index contributed by atoms with van der Waals surface area (Å²) < 4.78 is 1.57. The fourth-order valence-corrected chi connectivity index (χ4v) is 1.14. The maximum absolute atomic E-state index is 11.1. The van der Waals surface area contributed by atoms with Gasteiger partial charge in [0.1, 0.15) is 0 Å². The average Bonchev–Trinajstić information content (AvgIpc) is 2.54. The lowest BCUT2D eigenvalue weighted by atomic mass is 10.3. The molecule has 0 amide bonds. The molecule has 0 aromatic carbocycles. The van der Waals surface area contributed by atoms with Crippen LogP contribution in [-0.4, -0.2) is 14.5 Å². The molecular weight excluding hydrogens is 166 g/mol. The quantitative estimate of drug-likeness (QED) is 0.727. The van der Waals surface area contributed by atoms with Crippen molar-refractivity contribution >= 4 is 0 Å². The van der Waals surface area contributed by atoms with Gasteiger partial charge in [0.05, 0.1) is 12.2 Å². The Morgan fingerprint density at radius 1 is 1.46 bits per heavy atom. The van der Waals surface area contributed by atoms with Gasteiger partial charge in [-0.25, -0.2) is 4.79 Å². The highest BCUT2D eigenvalue weighted by Crippen LogP contribution is 1.94. The normalized spacial score (nSPS) is 10.2. The Balaban J connectivity index is 2.25. The SMILES string of the molecule is O=c1[nH]ccn1Cc1ccccn1. The summed E-state index contributed by atoms with van der Waals surface area (Å²) in [6.07, 6.45) is 5.04. The van der Waals surface area contributed by atoms with Gasteiger partial charge in [-0.3, -0.25) is 9.55 Å². The predicted molar refractivity (Wildman–Crippen MR) is 48.4 cm³/mol. The molecule has 2 rings (SSSR count). The third kappa shape index (κ3) is 1.66. The molecule has 0 fully saturated rings. The number of imidazole rings is 1. The molecule has 2 aromatic heterocycles. The molecule has 0 saturated carbocycles. The van der Waals surface area contributed by atoms with Crippen molar-refractivity contribution in [2.45, 2.75) is 6.54 Å². The van der Waals surface area contributed by atoms with Crippen molar-refractivity contribution in [1.29, 1.82) is 0 Å². The van der Waals surface area contributed by atoms with Crippen molar-refractivity contribution in [3.8, 4) is 0 Å². The van der Waals surface area contributed by atoms with Crippen LogP contribution in [0.5, 0.6) is 0 Å². The van der Waals surface area contributed by atoms with E-state index in [1.807, 2.05) is 18.2 Å². The van der Waals surface area contributed by atoms with E-state index in [1.165, 1.54) is 0 Å². The molecule has 0 atom stereocenters. The number of hydrogen-bond donors (Lipinski definition) is 1. The Kier molecular flexibility index (Phi) is 1.96. The summed E-state index contributed by atoms with van der Waals surface area (Å²) >= 11 is 0. The largest absolute Gasteiger partial charge is 0.325 e. The second kappa shape index (κ2) is 3.26. The summed E-state index contributed by atoms with van der Waals surface area (Å²) in [5, 5.41) is 0. The van der Waals surface area contributed by atoms with Crippen LogP contribution in [0.15, 0.2) is 41.6 Å². The summed E-state index contributed by atoms with van der Waals surface area (Å²) in [5.41, 5.74) is 0.773. The third-order valence-corrected chi connectivity index (χ3v) is 1.78. The van der Waals surface area contributed by atoms with E-state index in [2.05, 4.69) is 9.97 Å². The molecule has 66 valence electrons. The Labute approximate surface area is 74.9 Å². The molecule has 0 spiro atoms. The van der Waals surface area contributed by atoms with Gasteiger partial charge in [0.15, 0.2) is 0 Å². The number of aromatic amines is 1. The Morgan fingerprint density at radius 3 is 3.00 bits per heavy atom. The van der Waals surface area contributed by atoms with Crippen molar-refractivity contribution in [3.05, 3.63) is 53.0 Å². The monoisotopic (exact) mass is 175 g/mol. The molecular formula is C9H9N3O. The van der Waals surface area contributed by atoms with E-state index in [0.717, 1.165) is 5.69 Å². The summed E-state index contributed by atoms with van der Waals surface area (Å²) in [6.45, 7) is 0.517. The maximum Gasteiger partial charge on any atom is 0.325 e. The molecule has 4 nitrogen and oxygen atoms in total. The Hall–Kier alpha value is -1.84. The van der Waals surface area contributed by atoms with Crippen LogP contribution in [0.4, 0.5) is 0 Å². The molecule has 2 heterocycles. The summed E-state index contributed by atoms with van der Waals surface area (Å²) in [7, 11) is 0. The number of nitrogens with zero attached hydrogens (tertiary/aromatic N) is 2. The first-order valence-electron chi connectivity index (χ1n) is 4.00. The highest BCUT2D eigenvalue weighted by atomic mass is 16.1. The zero-order chi connectivity index (χ0) is 9.10. The van der Waals surface area contributed by atoms with Gasteiger partial charge < -0.3 is 4.98 Å². The second-order valence-corrected chi connectivity index (χ2v) is 2.71. The minimum atomic E-state index is -0.106. The Bertz CT molecular complexity index is 429. The van der Waals surface area contributed by atoms with Gasteiger partial charge >= 0.3 is 5.69 Å². The summed E-state index contributed by atoms with van der Waals surface area (Å²) in [5.74, 6) is 0. The number of pyridine rings is 1. The number of aromatic nitrogens is 3. The zero-order valence-electron chi connectivity index (χ0n) is 6.97. The number of H-pyrrole nitrogens is 1. The van der Waals surface area contributed by atoms with Crippen LogP contribution < -0.4 is 5.69 Å². The van der Waals surface area contributed by atoms with Crippen molar-refractivity contribution in [2.75, 3.05) is 0 Å². The van der Waals surface area contributed by atoms with Crippen LogP contribution in [0.1, 0.15) is 5.69 Å². The van der Waals surface area contributed by atoms with Crippen LogP contribution in [0.2, 0.25) is 0 Å². The molecule has 13 heavy (non-hydrogen) atoms. The molecule has 0 aliphatic rings. The first-order chi connectivity index (χ1) is 6.36. The summed E-state index contributed by atoms with van der Waals surface area (Å²) in [4.78, 5) is 17.8. The van der Waals surface area contributed by atoms with Gasteiger partial charge in [-0.05, 0) is 12.1 Å². The standard InChI is InChI=1S/C9H9N3O/c13-9-11-5-6-12(9)7-8-3-1-2-4-10-8/h1-6H,7H2,(H,11,13). The van der Waals surface area contributed by atoms with Gasteiger partial charge in [-0.15, -0.1) is 0 Å². The van der Waals surface area contributed by atoms with Crippen LogP contribution in [-0.2, 0) is 6.54 Å². The van der Waals surface area contributed by atoms with Gasteiger partial charge in [0, 0.05) is 18.6 Å². The van der Waals surface area contributed by atoms with E-state index < -0.39 is 0 Å². The van der Waals surface area contributed by atoms with Gasteiger partial charge in [-0.2, -0.15) is 0 Å². The molecule has 0 radical (unpaired) electrons. The number of rotatable bonds is 2. The van der Waals surface area contributed by atoms with E-state index in [0.29, 0.717) is 6.54 Å². The average molecular weight is 175 g/mol. The zero-order valence-corrected chi connectivity index (χ0v) is 6.97. The van der Waals surface area contributed by atoms with Crippen molar-refractivity contribution in [3.63, 3.8) is 0 Å². The number of nitrogens with one attached hydrogen (secondary N) is 1.